The number of rotatable bonds is 4. The van der Waals surface area contributed by atoms with Crippen molar-refractivity contribution in [2.45, 2.75) is 44.7 Å². The molecule has 1 aliphatic heterocycles. The number of aromatic amines is 1. The molecule has 0 saturated carbocycles. The number of amides is 1. The van der Waals surface area contributed by atoms with Gasteiger partial charge in [0.2, 0.25) is 0 Å². The number of nitrogens with one attached hydrogen (secondary N) is 1. The highest BCUT2D eigenvalue weighted by atomic mass is 19.1. The zero-order valence-electron chi connectivity index (χ0n) is 19.2. The van der Waals surface area contributed by atoms with Crippen molar-refractivity contribution < 1.29 is 9.18 Å². The molecule has 0 bridgehead atoms. The molecule has 0 spiro atoms. The lowest BCUT2D eigenvalue weighted by molar-refractivity contribution is -0.129. The van der Waals surface area contributed by atoms with Gasteiger partial charge in [0.05, 0.1) is 17.8 Å². The van der Waals surface area contributed by atoms with Crippen molar-refractivity contribution in [1.29, 1.82) is 0 Å². The molecular formula is C30H27FN2O. The van der Waals surface area contributed by atoms with Crippen molar-refractivity contribution in [3.8, 4) is 11.3 Å². The summed E-state index contributed by atoms with van der Waals surface area (Å²) in [4.78, 5) is 19.6. The van der Waals surface area contributed by atoms with Crippen molar-refractivity contribution in [1.82, 2.24) is 9.88 Å². The van der Waals surface area contributed by atoms with E-state index in [1.54, 1.807) is 0 Å². The number of hydrogen-bond donors (Lipinski definition) is 1. The minimum Gasteiger partial charge on any atom is -0.354 e. The van der Waals surface area contributed by atoms with E-state index in [2.05, 4.69) is 41.1 Å². The van der Waals surface area contributed by atoms with Crippen LogP contribution in [0.15, 0.2) is 90.0 Å². The van der Waals surface area contributed by atoms with Crippen molar-refractivity contribution in [3.05, 3.63) is 107 Å². The Bertz CT molecular complexity index is 1400. The lowest BCUT2D eigenvalue weighted by Crippen LogP contribution is -2.33. The van der Waals surface area contributed by atoms with Gasteiger partial charge in [-0.05, 0) is 79.6 Å². The number of hydrogen-bond acceptors (Lipinski definition) is 1. The van der Waals surface area contributed by atoms with Crippen molar-refractivity contribution >= 4 is 16.8 Å². The standard InChI is InChI=1S/C30H27FN2O/c1-19(20-9-3-2-4-10-20)33-29(23-11-5-6-12-24(23)30(33)34)27-25-13-7-8-14-26(25)32-28(27)21-15-17-22(31)18-16-21/h2-4,7-10,13-19,29,32H,5-6,11-12H2,1H3. The maximum atomic E-state index is 13.9. The average Bonchev–Trinajstić information content (AvgIpc) is 3.40. The minimum atomic E-state index is -0.256. The number of fused-ring (bicyclic) bond motifs is 1. The molecule has 0 fully saturated rings. The topological polar surface area (TPSA) is 36.1 Å². The maximum Gasteiger partial charge on any atom is 0.251 e. The van der Waals surface area contributed by atoms with Gasteiger partial charge < -0.3 is 9.88 Å². The largest absolute Gasteiger partial charge is 0.354 e. The highest BCUT2D eigenvalue weighted by Gasteiger charge is 2.44. The van der Waals surface area contributed by atoms with E-state index in [9.17, 15) is 9.18 Å². The van der Waals surface area contributed by atoms with Gasteiger partial charge in [-0.25, -0.2) is 4.39 Å². The molecule has 2 atom stereocenters. The second kappa shape index (κ2) is 8.28. The zero-order chi connectivity index (χ0) is 23.2. The van der Waals surface area contributed by atoms with Gasteiger partial charge in [0.1, 0.15) is 5.82 Å². The second-order valence-electron chi connectivity index (χ2n) is 9.38. The van der Waals surface area contributed by atoms with Crippen LogP contribution in [-0.4, -0.2) is 15.8 Å². The third kappa shape index (κ3) is 3.28. The molecular weight excluding hydrogens is 423 g/mol. The molecule has 1 amide bonds. The summed E-state index contributed by atoms with van der Waals surface area (Å²) in [5.74, 6) is -0.0968. The normalized spacial score (nSPS) is 19.1. The van der Waals surface area contributed by atoms with Crippen LogP contribution in [0.5, 0.6) is 0 Å². The summed E-state index contributed by atoms with van der Waals surface area (Å²) in [6, 6.07) is 25.0. The average molecular weight is 451 g/mol. The summed E-state index contributed by atoms with van der Waals surface area (Å²) in [7, 11) is 0. The Labute approximate surface area is 198 Å². The van der Waals surface area contributed by atoms with Crippen LogP contribution in [0.2, 0.25) is 0 Å². The maximum absolute atomic E-state index is 13.9. The fraction of sp³-hybridized carbons (Fsp3) is 0.233. The molecule has 3 aromatic carbocycles. The summed E-state index contributed by atoms with van der Waals surface area (Å²) in [5, 5.41) is 1.12. The highest BCUT2D eigenvalue weighted by molar-refractivity contribution is 6.01. The Morgan fingerprint density at radius 1 is 0.912 bits per heavy atom. The van der Waals surface area contributed by atoms with Crippen molar-refractivity contribution in [2.24, 2.45) is 0 Å². The molecule has 1 N–H and O–H groups in total. The number of carbonyl (C=O) groups excluding carboxylic acids is 1. The van der Waals surface area contributed by atoms with Crippen LogP contribution < -0.4 is 0 Å². The van der Waals surface area contributed by atoms with E-state index >= 15 is 0 Å². The van der Waals surface area contributed by atoms with Gasteiger partial charge in [0.15, 0.2) is 0 Å². The molecule has 4 aromatic rings. The van der Waals surface area contributed by atoms with E-state index in [1.165, 1.54) is 17.7 Å². The third-order valence-electron chi connectivity index (χ3n) is 7.46. The molecule has 1 aromatic heterocycles. The Morgan fingerprint density at radius 2 is 1.62 bits per heavy atom. The van der Waals surface area contributed by atoms with Gasteiger partial charge in [-0.15, -0.1) is 0 Å². The highest BCUT2D eigenvalue weighted by Crippen LogP contribution is 2.51. The number of nitrogens with zero attached hydrogens (tertiary/aromatic N) is 1. The van der Waals surface area contributed by atoms with Gasteiger partial charge in [0.25, 0.3) is 5.91 Å². The number of para-hydroxylation sites is 1. The van der Waals surface area contributed by atoms with E-state index in [1.807, 2.05) is 42.5 Å². The number of aromatic nitrogens is 1. The van der Waals surface area contributed by atoms with Crippen LogP contribution in [0, 0.1) is 5.82 Å². The summed E-state index contributed by atoms with van der Waals surface area (Å²) in [5.41, 5.74) is 7.41. The monoisotopic (exact) mass is 450 g/mol. The van der Waals surface area contributed by atoms with Crippen molar-refractivity contribution in [2.75, 3.05) is 0 Å². The molecule has 6 rings (SSSR count). The van der Waals surface area contributed by atoms with E-state index in [0.29, 0.717) is 0 Å². The fourth-order valence-electron chi connectivity index (χ4n) is 5.81. The summed E-state index contributed by atoms with van der Waals surface area (Å²) in [6.45, 7) is 2.13. The lowest BCUT2D eigenvalue weighted by atomic mass is 9.85. The molecule has 2 unspecified atom stereocenters. The Morgan fingerprint density at radius 3 is 2.41 bits per heavy atom. The van der Waals surface area contributed by atoms with Crippen LogP contribution in [0.3, 0.4) is 0 Å². The molecule has 2 heterocycles. The first kappa shape index (κ1) is 20.9. The molecule has 0 radical (unpaired) electrons. The second-order valence-corrected chi connectivity index (χ2v) is 9.38. The van der Waals surface area contributed by atoms with Crippen LogP contribution in [0.25, 0.3) is 22.2 Å². The molecule has 4 heteroatoms. The number of benzene rings is 3. The Balaban J connectivity index is 1.59. The van der Waals surface area contributed by atoms with Gasteiger partial charge in [0, 0.05) is 22.0 Å². The molecule has 2 aliphatic rings. The minimum absolute atomic E-state index is 0.0703. The number of carbonyl (C=O) groups is 1. The quantitative estimate of drug-likeness (QED) is 0.343. The molecule has 170 valence electrons. The predicted octanol–water partition coefficient (Wildman–Crippen LogP) is 7.49. The van der Waals surface area contributed by atoms with Gasteiger partial charge in [-0.2, -0.15) is 0 Å². The smallest absolute Gasteiger partial charge is 0.251 e. The molecule has 34 heavy (non-hydrogen) atoms. The van der Waals surface area contributed by atoms with Gasteiger partial charge in [-0.3, -0.25) is 4.79 Å². The summed E-state index contributed by atoms with van der Waals surface area (Å²) >= 11 is 0. The Hall–Kier alpha value is -3.66. The van der Waals surface area contributed by atoms with Crippen LogP contribution in [0.1, 0.15) is 55.8 Å². The summed E-state index contributed by atoms with van der Waals surface area (Å²) in [6.07, 6.45) is 3.94. The van der Waals surface area contributed by atoms with Gasteiger partial charge in [-0.1, -0.05) is 48.5 Å². The van der Waals surface area contributed by atoms with Gasteiger partial charge >= 0.3 is 0 Å². The lowest BCUT2D eigenvalue weighted by Gasteiger charge is -2.34. The first-order valence-corrected chi connectivity index (χ1v) is 12.1. The van der Waals surface area contributed by atoms with Crippen LogP contribution in [0.4, 0.5) is 4.39 Å². The predicted molar refractivity (Wildman–Crippen MR) is 134 cm³/mol. The summed E-state index contributed by atoms with van der Waals surface area (Å²) < 4.78 is 13.8. The van der Waals surface area contributed by atoms with Crippen LogP contribution >= 0.6 is 0 Å². The fourth-order valence-corrected chi connectivity index (χ4v) is 5.81. The number of H-pyrrole nitrogens is 1. The first-order valence-electron chi connectivity index (χ1n) is 12.1. The van der Waals surface area contributed by atoms with E-state index < -0.39 is 0 Å². The first-order chi connectivity index (χ1) is 16.6. The van der Waals surface area contributed by atoms with Crippen molar-refractivity contribution in [3.63, 3.8) is 0 Å². The molecule has 3 nitrogen and oxygen atoms in total. The molecule has 0 saturated heterocycles. The third-order valence-corrected chi connectivity index (χ3v) is 7.46. The van der Waals surface area contributed by atoms with E-state index in [-0.39, 0.29) is 23.8 Å². The SMILES string of the molecule is CC(c1ccccc1)N1C(=O)C2=C(CCCC2)C1c1c(-c2ccc(F)cc2)[nH]c2ccccc12. The van der Waals surface area contributed by atoms with E-state index in [4.69, 9.17) is 0 Å². The van der Waals surface area contributed by atoms with E-state index in [0.717, 1.165) is 64.5 Å². The zero-order valence-corrected chi connectivity index (χ0v) is 19.2. The molecule has 1 aliphatic carbocycles. The number of halogens is 1. The van der Waals surface area contributed by atoms with Crippen LogP contribution in [-0.2, 0) is 4.79 Å². The Kier molecular flexibility index (Phi) is 5.09.